The van der Waals surface area contributed by atoms with Crippen LogP contribution < -0.4 is 4.90 Å². The van der Waals surface area contributed by atoms with Crippen LogP contribution in [0, 0.1) is 17.2 Å². The molecule has 0 bridgehead atoms. The summed E-state index contributed by atoms with van der Waals surface area (Å²) in [7, 11) is 0. The number of benzene rings is 2. The maximum Gasteiger partial charge on any atom is 0.225 e. The van der Waals surface area contributed by atoms with Crippen molar-refractivity contribution in [3.8, 4) is 6.07 Å². The molecule has 196 valence electrons. The number of rotatable bonds is 3. The second-order valence-corrected chi connectivity index (χ2v) is 12.0. The van der Waals surface area contributed by atoms with E-state index in [9.17, 15) is 14.9 Å². The van der Waals surface area contributed by atoms with Gasteiger partial charge in [0.25, 0.3) is 0 Å². The molecule has 0 atom stereocenters. The molecule has 0 radical (unpaired) electrons. The van der Waals surface area contributed by atoms with Gasteiger partial charge in [0.15, 0.2) is 5.78 Å². The highest BCUT2D eigenvalue weighted by atomic mass is 16.2. The summed E-state index contributed by atoms with van der Waals surface area (Å²) in [6, 6.07) is 12.4. The first kappa shape index (κ1) is 24.9. The van der Waals surface area contributed by atoms with Gasteiger partial charge in [-0.25, -0.2) is 0 Å². The Bertz CT molecular complexity index is 1400. The van der Waals surface area contributed by atoms with E-state index in [-0.39, 0.29) is 17.1 Å². The molecular weight excluding hydrogens is 470 g/mol. The molecule has 2 fully saturated rings. The van der Waals surface area contributed by atoms with Crippen LogP contribution in [0.25, 0.3) is 5.57 Å². The van der Waals surface area contributed by atoms with Gasteiger partial charge in [-0.1, -0.05) is 46.1 Å². The number of carbonyl (C=O) groups excluding carboxylic acids is 2. The Labute approximate surface area is 226 Å². The van der Waals surface area contributed by atoms with E-state index < -0.39 is 0 Å². The molecule has 0 aromatic heterocycles. The van der Waals surface area contributed by atoms with Crippen LogP contribution in [0.5, 0.6) is 0 Å². The van der Waals surface area contributed by atoms with E-state index in [0.29, 0.717) is 17.9 Å². The predicted octanol–water partition coefficient (Wildman–Crippen LogP) is 5.83. The van der Waals surface area contributed by atoms with E-state index in [2.05, 4.69) is 48.8 Å². The number of aryl methyl sites for hydroxylation is 1. The lowest BCUT2D eigenvalue weighted by atomic mass is 9.68. The lowest BCUT2D eigenvalue weighted by molar-refractivity contribution is -0.136. The molecule has 2 aromatic carbocycles. The number of nitrogens with zero attached hydrogens (tertiary/aromatic N) is 3. The average molecular weight is 508 g/mol. The second kappa shape index (κ2) is 9.42. The number of nitriles is 1. The quantitative estimate of drug-likeness (QED) is 0.524. The van der Waals surface area contributed by atoms with Crippen molar-refractivity contribution in [2.24, 2.45) is 5.92 Å². The summed E-state index contributed by atoms with van der Waals surface area (Å²) in [5, 5.41) is 9.39. The highest BCUT2D eigenvalue weighted by molar-refractivity contribution is 6.33. The normalized spacial score (nSPS) is 20.6. The van der Waals surface area contributed by atoms with Gasteiger partial charge in [0.05, 0.1) is 11.6 Å². The number of piperazine rings is 1. The number of Topliss-reactive ketones (excluding diaryl/α,β-unsaturated/α-hetero) is 1. The summed E-state index contributed by atoms with van der Waals surface area (Å²) in [5.74, 6) is 0.693. The Morgan fingerprint density at radius 2 is 1.76 bits per heavy atom. The fourth-order valence-electron chi connectivity index (χ4n) is 7.28. The molecule has 0 unspecified atom stereocenters. The predicted molar refractivity (Wildman–Crippen MR) is 150 cm³/mol. The topological polar surface area (TPSA) is 64.4 Å². The zero-order valence-electron chi connectivity index (χ0n) is 22.9. The van der Waals surface area contributed by atoms with E-state index in [0.717, 1.165) is 78.8 Å². The Kier molecular flexibility index (Phi) is 6.17. The van der Waals surface area contributed by atoms with Crippen molar-refractivity contribution in [2.75, 3.05) is 31.1 Å². The molecule has 6 rings (SSSR count). The van der Waals surface area contributed by atoms with E-state index >= 15 is 0 Å². The summed E-state index contributed by atoms with van der Waals surface area (Å²) in [6.45, 7) is 9.82. The molecule has 1 saturated heterocycles. The molecule has 0 spiro atoms. The molecule has 5 nitrogen and oxygen atoms in total. The van der Waals surface area contributed by atoms with E-state index in [1.54, 1.807) is 0 Å². The van der Waals surface area contributed by atoms with Gasteiger partial charge in [-0.15, -0.1) is 0 Å². The standard InChI is InChI=1S/C33H37N3O2/c1-4-22-17-26-27(19-29(22)35-12-14-36(15-13-35)32(38)23-8-6-5-7-9-23)33(2,3)28-18-24-16-21(20-34)10-11-25(24)30(28)31(26)37/h10-11,16-17,19,23H,4-9,12-15,18H2,1-3H3. The Morgan fingerprint density at radius 1 is 1.03 bits per heavy atom. The zero-order valence-corrected chi connectivity index (χ0v) is 22.9. The van der Waals surface area contributed by atoms with Gasteiger partial charge in [0, 0.05) is 54.3 Å². The Morgan fingerprint density at radius 3 is 2.45 bits per heavy atom. The van der Waals surface area contributed by atoms with Gasteiger partial charge in [-0.3, -0.25) is 9.59 Å². The summed E-state index contributed by atoms with van der Waals surface area (Å²) in [4.78, 5) is 31.6. The fourth-order valence-corrected chi connectivity index (χ4v) is 7.28. The maximum absolute atomic E-state index is 13.9. The number of allylic oxidation sites excluding steroid dienone is 2. The number of anilines is 1. The zero-order chi connectivity index (χ0) is 26.6. The van der Waals surface area contributed by atoms with E-state index in [4.69, 9.17) is 0 Å². The Balaban J connectivity index is 1.29. The van der Waals surface area contributed by atoms with Crippen molar-refractivity contribution in [1.29, 1.82) is 5.26 Å². The third kappa shape index (κ3) is 3.88. The number of carbonyl (C=O) groups is 2. The first-order chi connectivity index (χ1) is 18.3. The highest BCUT2D eigenvalue weighted by Crippen LogP contribution is 2.51. The molecule has 4 aliphatic rings. The average Bonchev–Trinajstić information content (AvgIpc) is 3.36. The Hall–Kier alpha value is -3.39. The molecular formula is C33H37N3O2. The molecule has 1 aliphatic heterocycles. The van der Waals surface area contributed by atoms with Gasteiger partial charge in [0.1, 0.15) is 0 Å². The second-order valence-electron chi connectivity index (χ2n) is 12.0. The first-order valence-corrected chi connectivity index (χ1v) is 14.4. The molecule has 1 heterocycles. The molecule has 0 N–H and O–H groups in total. The van der Waals surface area contributed by atoms with Crippen LogP contribution >= 0.6 is 0 Å². The molecule has 3 aliphatic carbocycles. The molecule has 1 amide bonds. The molecule has 38 heavy (non-hydrogen) atoms. The van der Waals surface area contributed by atoms with Crippen molar-refractivity contribution in [2.45, 2.75) is 71.1 Å². The fraction of sp³-hybridized carbons (Fsp3) is 0.485. The van der Waals surface area contributed by atoms with Gasteiger partial charge in [-0.2, -0.15) is 5.26 Å². The van der Waals surface area contributed by atoms with Crippen LogP contribution in [-0.4, -0.2) is 42.8 Å². The minimum atomic E-state index is -0.288. The van der Waals surface area contributed by atoms with Crippen LogP contribution in [0.4, 0.5) is 5.69 Å². The third-order valence-electron chi connectivity index (χ3n) is 9.56. The monoisotopic (exact) mass is 507 g/mol. The van der Waals surface area contributed by atoms with Crippen molar-refractivity contribution in [3.63, 3.8) is 0 Å². The van der Waals surface area contributed by atoms with Gasteiger partial charge in [0.2, 0.25) is 5.91 Å². The number of hydrogen-bond acceptors (Lipinski definition) is 4. The lowest BCUT2D eigenvalue weighted by Crippen LogP contribution is -2.51. The van der Waals surface area contributed by atoms with Crippen LogP contribution in [0.15, 0.2) is 35.9 Å². The van der Waals surface area contributed by atoms with E-state index in [1.165, 1.54) is 30.5 Å². The number of hydrogen-bond donors (Lipinski definition) is 0. The first-order valence-electron chi connectivity index (χ1n) is 14.4. The van der Waals surface area contributed by atoms with Crippen molar-refractivity contribution >= 4 is 23.0 Å². The van der Waals surface area contributed by atoms with E-state index in [1.807, 2.05) is 18.2 Å². The summed E-state index contributed by atoms with van der Waals surface area (Å²) in [5.41, 5.74) is 8.75. The van der Waals surface area contributed by atoms with Crippen LogP contribution in [-0.2, 0) is 23.1 Å². The third-order valence-corrected chi connectivity index (χ3v) is 9.56. The smallest absolute Gasteiger partial charge is 0.225 e. The van der Waals surface area contributed by atoms with Gasteiger partial charge < -0.3 is 9.80 Å². The van der Waals surface area contributed by atoms with Gasteiger partial charge in [-0.05, 0) is 77.8 Å². The highest BCUT2D eigenvalue weighted by Gasteiger charge is 2.43. The van der Waals surface area contributed by atoms with Crippen molar-refractivity contribution < 1.29 is 9.59 Å². The van der Waals surface area contributed by atoms with Crippen molar-refractivity contribution in [3.05, 3.63) is 69.3 Å². The van der Waals surface area contributed by atoms with Gasteiger partial charge >= 0.3 is 0 Å². The number of ketones is 1. The number of fused-ring (bicyclic) bond motifs is 3. The van der Waals surface area contributed by atoms with Crippen LogP contribution in [0.3, 0.4) is 0 Å². The SMILES string of the molecule is CCc1cc2c(cc1N1CCN(C(=O)C3CCCCC3)CC1)C(C)(C)C1=C(C2=O)c2ccc(C#N)cc2C1. The minimum absolute atomic E-state index is 0.113. The molecule has 1 saturated carbocycles. The largest absolute Gasteiger partial charge is 0.368 e. The molecule has 2 aromatic rings. The summed E-state index contributed by atoms with van der Waals surface area (Å²) < 4.78 is 0. The summed E-state index contributed by atoms with van der Waals surface area (Å²) >= 11 is 0. The minimum Gasteiger partial charge on any atom is -0.368 e. The summed E-state index contributed by atoms with van der Waals surface area (Å²) in [6.07, 6.45) is 7.29. The molecule has 5 heteroatoms. The lowest BCUT2D eigenvalue weighted by Gasteiger charge is -2.40. The maximum atomic E-state index is 13.9. The van der Waals surface area contributed by atoms with Crippen LogP contribution in [0.2, 0.25) is 0 Å². The van der Waals surface area contributed by atoms with Crippen molar-refractivity contribution in [1.82, 2.24) is 4.90 Å². The van der Waals surface area contributed by atoms with Crippen LogP contribution in [0.1, 0.15) is 91.1 Å². The number of amides is 1.